The third kappa shape index (κ3) is 3.72. The van der Waals surface area contributed by atoms with Gasteiger partial charge < -0.3 is 14.4 Å². The van der Waals surface area contributed by atoms with Gasteiger partial charge in [0.1, 0.15) is 6.10 Å². The zero-order valence-corrected chi connectivity index (χ0v) is 10.4. The van der Waals surface area contributed by atoms with Gasteiger partial charge in [0, 0.05) is 12.5 Å². The monoisotopic (exact) mass is 234 g/mol. The molecule has 1 saturated heterocycles. The summed E-state index contributed by atoms with van der Waals surface area (Å²) in [6.07, 6.45) is -0.167. The fraction of sp³-hybridized carbons (Fsp3) is 0.800. The predicted octanol–water partition coefficient (Wildman–Crippen LogP) is 1.98. The van der Waals surface area contributed by atoms with Gasteiger partial charge in [-0.25, -0.2) is 0 Å². The SMILES string of the molecule is CCOP(C)(=O)/C=C(\C)[C@H]1OCCC1O. The van der Waals surface area contributed by atoms with Crippen LogP contribution in [0.25, 0.3) is 0 Å². The van der Waals surface area contributed by atoms with Crippen molar-refractivity contribution in [2.24, 2.45) is 0 Å². The van der Waals surface area contributed by atoms with E-state index in [0.717, 1.165) is 5.57 Å². The first-order valence-corrected chi connectivity index (χ1v) is 7.31. The molecular weight excluding hydrogens is 215 g/mol. The number of hydrogen-bond donors (Lipinski definition) is 1. The summed E-state index contributed by atoms with van der Waals surface area (Å²) in [5.41, 5.74) is 0.791. The Hall–Kier alpha value is -0.150. The lowest BCUT2D eigenvalue weighted by Gasteiger charge is -2.16. The highest BCUT2D eigenvalue weighted by Crippen LogP contribution is 2.46. The fourth-order valence-corrected chi connectivity index (χ4v) is 3.22. The summed E-state index contributed by atoms with van der Waals surface area (Å²) < 4.78 is 22.3. The molecule has 3 atom stereocenters. The van der Waals surface area contributed by atoms with Crippen LogP contribution < -0.4 is 0 Å². The molecule has 0 saturated carbocycles. The van der Waals surface area contributed by atoms with Crippen molar-refractivity contribution in [3.05, 3.63) is 11.4 Å². The van der Waals surface area contributed by atoms with Gasteiger partial charge in [-0.1, -0.05) is 0 Å². The molecule has 0 aromatic carbocycles. The van der Waals surface area contributed by atoms with Crippen molar-refractivity contribution < 1.29 is 18.9 Å². The number of rotatable bonds is 4. The fourth-order valence-electron chi connectivity index (χ4n) is 1.75. The van der Waals surface area contributed by atoms with E-state index in [1.807, 2.05) is 6.92 Å². The third-order valence-electron chi connectivity index (χ3n) is 2.33. The molecule has 0 spiro atoms. The van der Waals surface area contributed by atoms with Crippen molar-refractivity contribution in [3.8, 4) is 0 Å². The molecule has 1 rings (SSSR count). The highest BCUT2D eigenvalue weighted by molar-refractivity contribution is 7.61. The van der Waals surface area contributed by atoms with Crippen LogP contribution in [-0.2, 0) is 13.8 Å². The average Bonchev–Trinajstić information content (AvgIpc) is 2.50. The third-order valence-corrected chi connectivity index (χ3v) is 3.98. The van der Waals surface area contributed by atoms with Crippen molar-refractivity contribution in [2.75, 3.05) is 19.9 Å². The lowest BCUT2D eigenvalue weighted by Crippen LogP contribution is -2.21. The minimum Gasteiger partial charge on any atom is -0.390 e. The van der Waals surface area contributed by atoms with Gasteiger partial charge in [0.05, 0.1) is 19.3 Å². The number of hydrogen-bond acceptors (Lipinski definition) is 4. The van der Waals surface area contributed by atoms with E-state index >= 15 is 0 Å². The van der Waals surface area contributed by atoms with Crippen LogP contribution in [0, 0.1) is 0 Å². The Kier molecular flexibility index (Phi) is 4.53. The zero-order valence-electron chi connectivity index (χ0n) is 9.47. The van der Waals surface area contributed by atoms with Crippen molar-refractivity contribution in [1.29, 1.82) is 0 Å². The van der Waals surface area contributed by atoms with Crippen molar-refractivity contribution in [1.82, 2.24) is 0 Å². The van der Waals surface area contributed by atoms with Crippen LogP contribution in [0.1, 0.15) is 20.3 Å². The summed E-state index contributed by atoms with van der Waals surface area (Å²) >= 11 is 0. The molecule has 88 valence electrons. The van der Waals surface area contributed by atoms with E-state index < -0.39 is 13.5 Å². The Morgan fingerprint density at radius 3 is 2.87 bits per heavy atom. The van der Waals surface area contributed by atoms with Gasteiger partial charge in [0.15, 0.2) is 0 Å². The maximum Gasteiger partial charge on any atom is 0.222 e. The van der Waals surface area contributed by atoms with Crippen molar-refractivity contribution >= 4 is 7.37 Å². The van der Waals surface area contributed by atoms with E-state index in [4.69, 9.17) is 9.26 Å². The molecule has 0 amide bonds. The Balaban J connectivity index is 2.70. The molecule has 5 heteroatoms. The van der Waals surface area contributed by atoms with Gasteiger partial charge in [-0.2, -0.15) is 0 Å². The molecule has 0 aromatic heterocycles. The van der Waals surface area contributed by atoms with E-state index in [1.165, 1.54) is 0 Å². The lowest BCUT2D eigenvalue weighted by atomic mass is 10.1. The largest absolute Gasteiger partial charge is 0.390 e. The molecule has 1 fully saturated rings. The van der Waals surface area contributed by atoms with E-state index in [2.05, 4.69) is 0 Å². The molecule has 1 heterocycles. The lowest BCUT2D eigenvalue weighted by molar-refractivity contribution is 0.0672. The van der Waals surface area contributed by atoms with E-state index in [1.54, 1.807) is 19.4 Å². The van der Waals surface area contributed by atoms with Crippen LogP contribution in [0.2, 0.25) is 0 Å². The summed E-state index contributed by atoms with van der Waals surface area (Å²) in [5.74, 6) is 1.59. The summed E-state index contributed by atoms with van der Waals surface area (Å²) in [7, 11) is -2.68. The first-order valence-electron chi connectivity index (χ1n) is 5.17. The molecule has 0 radical (unpaired) electrons. The molecule has 1 aliphatic rings. The first kappa shape index (κ1) is 12.9. The van der Waals surface area contributed by atoms with E-state index in [0.29, 0.717) is 19.6 Å². The highest BCUT2D eigenvalue weighted by Gasteiger charge is 2.28. The normalized spacial score (nSPS) is 31.6. The van der Waals surface area contributed by atoms with Crippen molar-refractivity contribution in [3.63, 3.8) is 0 Å². The van der Waals surface area contributed by atoms with E-state index in [-0.39, 0.29) is 6.10 Å². The van der Waals surface area contributed by atoms with Crippen molar-refractivity contribution in [2.45, 2.75) is 32.5 Å². The Labute approximate surface area is 90.7 Å². The average molecular weight is 234 g/mol. The summed E-state index contributed by atoms with van der Waals surface area (Å²) in [4.78, 5) is 0. The van der Waals surface area contributed by atoms with Crippen LogP contribution in [0.5, 0.6) is 0 Å². The predicted molar refractivity (Wildman–Crippen MR) is 59.3 cm³/mol. The molecule has 4 nitrogen and oxygen atoms in total. The summed E-state index contributed by atoms with van der Waals surface area (Å²) in [5, 5.41) is 9.59. The van der Waals surface area contributed by atoms with Gasteiger partial charge in [-0.15, -0.1) is 0 Å². The van der Waals surface area contributed by atoms with Crippen LogP contribution in [0.15, 0.2) is 11.4 Å². The number of ether oxygens (including phenoxy) is 1. The van der Waals surface area contributed by atoms with Crippen LogP contribution in [0.4, 0.5) is 0 Å². The maximum atomic E-state index is 11.9. The topological polar surface area (TPSA) is 55.8 Å². The van der Waals surface area contributed by atoms with Crippen LogP contribution >= 0.6 is 7.37 Å². The number of aliphatic hydroxyl groups excluding tert-OH is 1. The Morgan fingerprint density at radius 2 is 2.40 bits per heavy atom. The molecule has 2 unspecified atom stereocenters. The van der Waals surface area contributed by atoms with Gasteiger partial charge in [-0.05, 0) is 25.8 Å². The zero-order chi connectivity index (χ0) is 11.5. The highest BCUT2D eigenvalue weighted by atomic mass is 31.2. The van der Waals surface area contributed by atoms with Crippen LogP contribution in [0.3, 0.4) is 0 Å². The minimum atomic E-state index is -2.68. The Morgan fingerprint density at radius 1 is 1.73 bits per heavy atom. The van der Waals surface area contributed by atoms with E-state index in [9.17, 15) is 9.67 Å². The molecule has 0 aliphatic carbocycles. The molecular formula is C10H19O4P. The second-order valence-electron chi connectivity index (χ2n) is 3.85. The smallest absolute Gasteiger partial charge is 0.222 e. The molecule has 1 N–H and O–H groups in total. The second-order valence-corrected chi connectivity index (χ2v) is 6.18. The van der Waals surface area contributed by atoms with Gasteiger partial charge in [0.2, 0.25) is 7.37 Å². The van der Waals surface area contributed by atoms with Crippen LogP contribution in [-0.4, -0.2) is 37.2 Å². The van der Waals surface area contributed by atoms with Gasteiger partial charge in [0.25, 0.3) is 0 Å². The Bertz CT molecular complexity index is 287. The summed E-state index contributed by atoms with van der Waals surface area (Å²) in [6.45, 7) is 6.17. The first-order chi connectivity index (χ1) is 6.96. The van der Waals surface area contributed by atoms with Gasteiger partial charge in [-0.3, -0.25) is 4.57 Å². The molecule has 15 heavy (non-hydrogen) atoms. The minimum absolute atomic E-state index is 0.321. The second kappa shape index (κ2) is 5.26. The summed E-state index contributed by atoms with van der Waals surface area (Å²) in [6, 6.07) is 0. The quantitative estimate of drug-likeness (QED) is 0.756. The number of aliphatic hydroxyl groups is 1. The molecule has 1 aliphatic heterocycles. The molecule has 0 aromatic rings. The maximum absolute atomic E-state index is 11.9. The van der Waals surface area contributed by atoms with Gasteiger partial charge >= 0.3 is 0 Å². The standard InChI is InChI=1S/C10H19O4P/c1-4-14-15(3,12)7-8(2)10-9(11)5-6-13-10/h7,9-11H,4-6H2,1-3H3/b8-7+/t9?,10-,15?/m1/s1. The molecule has 0 bridgehead atoms.